The average molecular weight is 196 g/mol. The van der Waals surface area contributed by atoms with E-state index >= 15 is 0 Å². The van der Waals surface area contributed by atoms with Crippen molar-refractivity contribution in [1.82, 2.24) is 5.32 Å². The first kappa shape index (κ1) is 11.6. The van der Waals surface area contributed by atoms with Gasteiger partial charge in [-0.1, -0.05) is 13.8 Å². The lowest BCUT2D eigenvalue weighted by atomic mass is 10.3. The molecule has 0 aromatic rings. The van der Waals surface area contributed by atoms with E-state index in [-0.39, 0.29) is 0 Å². The third kappa shape index (κ3) is 8.51. The molecule has 1 unspecified atom stereocenters. The van der Waals surface area contributed by atoms with Crippen LogP contribution in [0.4, 0.5) is 0 Å². The van der Waals surface area contributed by atoms with E-state index in [0.29, 0.717) is 5.38 Å². The highest BCUT2D eigenvalue weighted by Gasteiger charge is 1.98. The van der Waals surface area contributed by atoms with Crippen LogP contribution in [0.15, 0.2) is 0 Å². The zero-order valence-electron chi connectivity index (χ0n) is 7.40. The summed E-state index contributed by atoms with van der Waals surface area (Å²) in [7, 11) is 0. The summed E-state index contributed by atoms with van der Waals surface area (Å²) in [5, 5.41) is 3.63. The molecule has 0 saturated heterocycles. The van der Waals surface area contributed by atoms with E-state index in [0.717, 1.165) is 19.5 Å². The van der Waals surface area contributed by atoms with Crippen molar-refractivity contribution in [2.75, 3.05) is 24.6 Å². The van der Waals surface area contributed by atoms with E-state index in [1.54, 1.807) is 0 Å². The lowest BCUT2D eigenvalue weighted by Gasteiger charge is -2.07. The van der Waals surface area contributed by atoms with Gasteiger partial charge < -0.3 is 5.32 Å². The van der Waals surface area contributed by atoms with Gasteiger partial charge in [0.25, 0.3) is 0 Å². The van der Waals surface area contributed by atoms with E-state index < -0.39 is 0 Å². The second-order valence-electron chi connectivity index (χ2n) is 2.41. The third-order valence-electron chi connectivity index (χ3n) is 1.44. The summed E-state index contributed by atoms with van der Waals surface area (Å²) in [5.74, 6) is 2.41. The Morgan fingerprint density at radius 3 is 2.73 bits per heavy atom. The summed E-state index contributed by atoms with van der Waals surface area (Å²) in [6.07, 6.45) is 1.05. The van der Waals surface area contributed by atoms with Gasteiger partial charge in [-0.15, -0.1) is 11.6 Å². The van der Waals surface area contributed by atoms with Crippen molar-refractivity contribution in [2.24, 2.45) is 0 Å². The van der Waals surface area contributed by atoms with Gasteiger partial charge in [-0.25, -0.2) is 0 Å². The van der Waals surface area contributed by atoms with Gasteiger partial charge in [0, 0.05) is 24.2 Å². The number of halogens is 1. The lowest BCUT2D eigenvalue weighted by molar-refractivity contribution is 0.673. The van der Waals surface area contributed by atoms with Gasteiger partial charge in [0.1, 0.15) is 0 Å². The van der Waals surface area contributed by atoms with Crippen molar-refractivity contribution < 1.29 is 0 Å². The highest BCUT2D eigenvalue weighted by molar-refractivity contribution is 7.99. The Hall–Kier alpha value is 0.600. The van der Waals surface area contributed by atoms with Gasteiger partial charge in [-0.05, 0) is 12.2 Å². The largest absolute Gasteiger partial charge is 0.314 e. The van der Waals surface area contributed by atoms with Crippen molar-refractivity contribution >= 4 is 23.4 Å². The summed E-state index contributed by atoms with van der Waals surface area (Å²) in [6, 6.07) is 0. The van der Waals surface area contributed by atoms with Crippen LogP contribution in [0.2, 0.25) is 0 Å². The third-order valence-corrected chi connectivity index (χ3v) is 2.80. The minimum atomic E-state index is 0.307. The first-order valence-electron chi connectivity index (χ1n) is 4.23. The SMILES string of the molecule is CCSCCNCC(Cl)CC. The highest BCUT2D eigenvalue weighted by atomic mass is 35.5. The molecule has 3 heteroatoms. The average Bonchev–Trinajstić information content (AvgIpc) is 2.04. The summed E-state index contributed by atoms with van der Waals surface area (Å²) >= 11 is 7.87. The molecule has 0 fully saturated rings. The van der Waals surface area contributed by atoms with Crippen LogP contribution in [-0.4, -0.2) is 30.0 Å². The summed E-state index contributed by atoms with van der Waals surface area (Å²) < 4.78 is 0. The Morgan fingerprint density at radius 2 is 2.18 bits per heavy atom. The van der Waals surface area contributed by atoms with Gasteiger partial charge in [0.15, 0.2) is 0 Å². The van der Waals surface area contributed by atoms with Gasteiger partial charge in [-0.2, -0.15) is 11.8 Å². The fourth-order valence-corrected chi connectivity index (χ4v) is 1.38. The molecular weight excluding hydrogens is 178 g/mol. The molecule has 0 saturated carbocycles. The quantitative estimate of drug-likeness (QED) is 0.495. The Kier molecular flexibility index (Phi) is 9.17. The maximum Gasteiger partial charge on any atom is 0.0458 e. The van der Waals surface area contributed by atoms with Crippen molar-refractivity contribution in [3.05, 3.63) is 0 Å². The Balaban J connectivity index is 2.89. The van der Waals surface area contributed by atoms with Crippen LogP contribution in [-0.2, 0) is 0 Å². The van der Waals surface area contributed by atoms with Gasteiger partial charge >= 0.3 is 0 Å². The molecule has 0 bridgehead atoms. The van der Waals surface area contributed by atoms with E-state index in [9.17, 15) is 0 Å². The molecule has 0 heterocycles. The molecule has 68 valence electrons. The smallest absolute Gasteiger partial charge is 0.0458 e. The Bertz CT molecular complexity index is 80.5. The molecule has 0 aliphatic carbocycles. The predicted molar refractivity (Wildman–Crippen MR) is 55.8 cm³/mol. The molecule has 1 nitrogen and oxygen atoms in total. The molecule has 0 rings (SSSR count). The zero-order valence-corrected chi connectivity index (χ0v) is 8.97. The monoisotopic (exact) mass is 195 g/mol. The molecule has 0 aliphatic rings. The second kappa shape index (κ2) is 8.69. The molecule has 11 heavy (non-hydrogen) atoms. The maximum atomic E-state index is 5.91. The minimum Gasteiger partial charge on any atom is -0.314 e. The van der Waals surface area contributed by atoms with E-state index in [1.807, 2.05) is 11.8 Å². The summed E-state index contributed by atoms with van der Waals surface area (Å²) in [6.45, 7) is 6.32. The van der Waals surface area contributed by atoms with Crippen LogP contribution in [0, 0.1) is 0 Å². The number of rotatable bonds is 7. The van der Waals surface area contributed by atoms with Gasteiger partial charge in [0.05, 0.1) is 0 Å². The number of hydrogen-bond donors (Lipinski definition) is 1. The molecular formula is C8H18ClNS. The molecule has 0 aromatic carbocycles. The van der Waals surface area contributed by atoms with Gasteiger partial charge in [-0.3, -0.25) is 0 Å². The zero-order chi connectivity index (χ0) is 8.53. The van der Waals surface area contributed by atoms with Crippen LogP contribution in [0.5, 0.6) is 0 Å². The maximum absolute atomic E-state index is 5.91. The fourth-order valence-electron chi connectivity index (χ4n) is 0.692. The topological polar surface area (TPSA) is 12.0 Å². The van der Waals surface area contributed by atoms with Crippen molar-refractivity contribution in [3.63, 3.8) is 0 Å². The minimum absolute atomic E-state index is 0.307. The number of hydrogen-bond acceptors (Lipinski definition) is 2. The van der Waals surface area contributed by atoms with E-state index in [2.05, 4.69) is 19.2 Å². The van der Waals surface area contributed by atoms with Crippen molar-refractivity contribution in [1.29, 1.82) is 0 Å². The lowest BCUT2D eigenvalue weighted by Crippen LogP contribution is -2.24. The van der Waals surface area contributed by atoms with Crippen LogP contribution in [0.1, 0.15) is 20.3 Å². The van der Waals surface area contributed by atoms with E-state index in [1.165, 1.54) is 11.5 Å². The van der Waals surface area contributed by atoms with Crippen LogP contribution in [0.3, 0.4) is 0 Å². The van der Waals surface area contributed by atoms with Gasteiger partial charge in [0.2, 0.25) is 0 Å². The number of thioether (sulfide) groups is 1. The van der Waals surface area contributed by atoms with Crippen LogP contribution >= 0.6 is 23.4 Å². The fraction of sp³-hybridized carbons (Fsp3) is 1.00. The van der Waals surface area contributed by atoms with Crippen molar-refractivity contribution in [2.45, 2.75) is 25.6 Å². The standard InChI is InChI=1S/C8H18ClNS/c1-3-8(9)7-10-5-6-11-4-2/h8,10H,3-7H2,1-2H3. The first-order valence-corrected chi connectivity index (χ1v) is 5.82. The normalized spacial score (nSPS) is 13.4. The second-order valence-corrected chi connectivity index (χ2v) is 4.42. The molecule has 0 radical (unpaired) electrons. The van der Waals surface area contributed by atoms with Crippen molar-refractivity contribution in [3.8, 4) is 0 Å². The molecule has 0 spiro atoms. The number of alkyl halides is 1. The molecule has 0 aliphatic heterocycles. The number of nitrogens with one attached hydrogen (secondary N) is 1. The Labute approximate surface area is 79.3 Å². The van der Waals surface area contributed by atoms with E-state index in [4.69, 9.17) is 11.6 Å². The highest BCUT2D eigenvalue weighted by Crippen LogP contribution is 1.99. The van der Waals surface area contributed by atoms with Crippen LogP contribution in [0.25, 0.3) is 0 Å². The molecule has 0 amide bonds. The molecule has 1 atom stereocenters. The predicted octanol–water partition coefficient (Wildman–Crippen LogP) is 2.35. The summed E-state index contributed by atoms with van der Waals surface area (Å²) in [5.41, 5.74) is 0. The molecule has 1 N–H and O–H groups in total. The van der Waals surface area contributed by atoms with Crippen LogP contribution < -0.4 is 5.32 Å². The summed E-state index contributed by atoms with van der Waals surface area (Å²) in [4.78, 5) is 0. The molecule has 0 aromatic heterocycles. The Morgan fingerprint density at radius 1 is 1.45 bits per heavy atom. The first-order chi connectivity index (χ1) is 5.31.